The number of aromatic amines is 1. The van der Waals surface area contributed by atoms with Crippen LogP contribution in [0, 0.1) is 0 Å². The van der Waals surface area contributed by atoms with E-state index in [-0.39, 0.29) is 0 Å². The molecule has 0 amide bonds. The summed E-state index contributed by atoms with van der Waals surface area (Å²) in [6.07, 6.45) is 3.97. The Morgan fingerprint density at radius 1 is 1.03 bits per heavy atom. The molecular weight excluding hydrogens is 376 g/mol. The van der Waals surface area contributed by atoms with Crippen molar-refractivity contribution in [2.24, 2.45) is 5.73 Å². The van der Waals surface area contributed by atoms with Crippen molar-refractivity contribution in [1.82, 2.24) is 35.4 Å². The molecule has 0 bridgehead atoms. The molecule has 0 aliphatic carbocycles. The molecule has 0 saturated carbocycles. The summed E-state index contributed by atoms with van der Waals surface area (Å²) < 4.78 is 2.00. The van der Waals surface area contributed by atoms with Crippen molar-refractivity contribution in [2.45, 2.75) is 45.7 Å². The van der Waals surface area contributed by atoms with Gasteiger partial charge in [-0.25, -0.2) is 9.67 Å². The van der Waals surface area contributed by atoms with E-state index in [1.54, 1.807) is 0 Å². The molecule has 4 aromatic rings. The highest BCUT2D eigenvalue weighted by molar-refractivity contribution is 5.80. The molecule has 0 fully saturated rings. The Balaban J connectivity index is 1.60. The standard InChI is InChI=1S/C22H26N8/c1-2-3-9-21-24-20(15-23)27-30(21)13-12-16-10-11-18(17-7-5-4-6-8-17)19(14-16)22-25-28-29-26-22/h4-8,10-11,14H,2-3,9,12-13,15,23H2,1H3,(H,25,26,28,29). The monoisotopic (exact) mass is 402 g/mol. The fourth-order valence-corrected chi connectivity index (χ4v) is 3.52. The summed E-state index contributed by atoms with van der Waals surface area (Å²) in [4.78, 5) is 4.58. The topological polar surface area (TPSA) is 111 Å². The van der Waals surface area contributed by atoms with Crippen LogP contribution in [-0.4, -0.2) is 35.4 Å². The predicted octanol–water partition coefficient (Wildman–Crippen LogP) is 3.17. The van der Waals surface area contributed by atoms with Gasteiger partial charge in [-0.2, -0.15) is 10.3 Å². The van der Waals surface area contributed by atoms with E-state index in [4.69, 9.17) is 5.73 Å². The second-order valence-corrected chi connectivity index (χ2v) is 7.21. The molecule has 4 rings (SSSR count). The van der Waals surface area contributed by atoms with E-state index in [9.17, 15) is 0 Å². The number of benzene rings is 2. The van der Waals surface area contributed by atoms with Gasteiger partial charge in [0, 0.05) is 18.5 Å². The summed E-state index contributed by atoms with van der Waals surface area (Å²) in [5.41, 5.74) is 10.1. The lowest BCUT2D eigenvalue weighted by molar-refractivity contribution is 0.565. The van der Waals surface area contributed by atoms with Crippen LogP contribution in [0.4, 0.5) is 0 Å². The molecule has 0 atom stereocenters. The number of rotatable bonds is 9. The number of nitrogens with one attached hydrogen (secondary N) is 1. The molecule has 154 valence electrons. The van der Waals surface area contributed by atoms with Crippen LogP contribution in [0.5, 0.6) is 0 Å². The summed E-state index contributed by atoms with van der Waals surface area (Å²) in [6.45, 7) is 3.29. The molecule has 0 radical (unpaired) electrons. The highest BCUT2D eigenvalue weighted by atomic mass is 15.5. The van der Waals surface area contributed by atoms with Gasteiger partial charge in [-0.3, -0.25) is 0 Å². The zero-order chi connectivity index (χ0) is 20.8. The first-order valence-corrected chi connectivity index (χ1v) is 10.3. The fourth-order valence-electron chi connectivity index (χ4n) is 3.52. The number of nitrogens with two attached hydrogens (primary N) is 1. The number of tetrazole rings is 1. The van der Waals surface area contributed by atoms with Crippen LogP contribution in [-0.2, 0) is 25.9 Å². The minimum absolute atomic E-state index is 0.361. The van der Waals surface area contributed by atoms with Crippen molar-refractivity contribution in [2.75, 3.05) is 0 Å². The average molecular weight is 403 g/mol. The molecule has 30 heavy (non-hydrogen) atoms. The lowest BCUT2D eigenvalue weighted by Gasteiger charge is -2.11. The number of aryl methyl sites for hydroxylation is 3. The zero-order valence-corrected chi connectivity index (χ0v) is 17.1. The van der Waals surface area contributed by atoms with Gasteiger partial charge in [0.25, 0.3) is 0 Å². The van der Waals surface area contributed by atoms with Gasteiger partial charge >= 0.3 is 0 Å². The number of hydrogen-bond donors (Lipinski definition) is 2. The molecule has 0 saturated heterocycles. The molecular formula is C22H26N8. The van der Waals surface area contributed by atoms with E-state index in [1.807, 2.05) is 22.9 Å². The molecule has 2 heterocycles. The molecule has 3 N–H and O–H groups in total. The maximum atomic E-state index is 5.75. The van der Waals surface area contributed by atoms with Crippen molar-refractivity contribution in [3.05, 3.63) is 65.7 Å². The van der Waals surface area contributed by atoms with Crippen LogP contribution in [0.15, 0.2) is 48.5 Å². The van der Waals surface area contributed by atoms with Crippen LogP contribution in [0.2, 0.25) is 0 Å². The summed E-state index contributed by atoms with van der Waals surface area (Å²) in [5, 5.41) is 19.3. The normalized spacial score (nSPS) is 11.1. The third-order valence-corrected chi connectivity index (χ3v) is 5.10. The van der Waals surface area contributed by atoms with Gasteiger partial charge in [0.2, 0.25) is 5.82 Å². The smallest absolute Gasteiger partial charge is 0.205 e. The third kappa shape index (κ3) is 4.44. The molecule has 8 nitrogen and oxygen atoms in total. The van der Waals surface area contributed by atoms with Crippen molar-refractivity contribution in [3.63, 3.8) is 0 Å². The maximum Gasteiger partial charge on any atom is 0.205 e. The van der Waals surface area contributed by atoms with E-state index in [0.717, 1.165) is 54.7 Å². The Morgan fingerprint density at radius 3 is 2.63 bits per heavy atom. The number of H-pyrrole nitrogens is 1. The fraction of sp³-hybridized carbons (Fsp3) is 0.318. The Labute approximate surface area is 175 Å². The van der Waals surface area contributed by atoms with Gasteiger partial charge in [-0.1, -0.05) is 55.8 Å². The molecule has 0 aliphatic heterocycles. The minimum Gasteiger partial charge on any atom is -0.324 e. The Hall–Kier alpha value is -3.39. The summed E-state index contributed by atoms with van der Waals surface area (Å²) in [7, 11) is 0. The van der Waals surface area contributed by atoms with E-state index in [2.05, 4.69) is 68.0 Å². The second kappa shape index (κ2) is 9.41. The molecule has 8 heteroatoms. The molecule has 0 spiro atoms. The van der Waals surface area contributed by atoms with Crippen LogP contribution in [0.1, 0.15) is 37.0 Å². The Morgan fingerprint density at radius 2 is 1.90 bits per heavy atom. The van der Waals surface area contributed by atoms with Gasteiger partial charge in [0.15, 0.2) is 5.82 Å². The van der Waals surface area contributed by atoms with Crippen molar-refractivity contribution in [1.29, 1.82) is 0 Å². The first-order chi connectivity index (χ1) is 14.8. The second-order valence-electron chi connectivity index (χ2n) is 7.21. The van der Waals surface area contributed by atoms with Gasteiger partial charge in [-0.15, -0.1) is 10.2 Å². The van der Waals surface area contributed by atoms with Crippen molar-refractivity contribution in [3.8, 4) is 22.5 Å². The van der Waals surface area contributed by atoms with Crippen molar-refractivity contribution < 1.29 is 0 Å². The predicted molar refractivity (Wildman–Crippen MR) is 115 cm³/mol. The van der Waals surface area contributed by atoms with Crippen molar-refractivity contribution >= 4 is 0 Å². The van der Waals surface area contributed by atoms with Crippen LogP contribution >= 0.6 is 0 Å². The number of hydrogen-bond acceptors (Lipinski definition) is 6. The summed E-state index contributed by atoms with van der Waals surface area (Å²) in [5.74, 6) is 2.30. The SMILES string of the molecule is CCCCc1nc(CN)nn1CCc1ccc(-c2ccccc2)c(-c2nn[nH]n2)c1. The molecule has 2 aromatic carbocycles. The van der Waals surface area contributed by atoms with Crippen LogP contribution < -0.4 is 5.73 Å². The Kier molecular flexibility index (Phi) is 6.24. The zero-order valence-electron chi connectivity index (χ0n) is 17.1. The number of unbranched alkanes of at least 4 members (excludes halogenated alkanes) is 1. The molecule has 0 aliphatic rings. The van der Waals surface area contributed by atoms with Gasteiger partial charge in [0.1, 0.15) is 5.82 Å². The highest BCUT2D eigenvalue weighted by Crippen LogP contribution is 2.31. The first kappa shape index (κ1) is 19.9. The van der Waals surface area contributed by atoms with Gasteiger partial charge in [-0.05, 0) is 40.8 Å². The summed E-state index contributed by atoms with van der Waals surface area (Å²) in [6, 6.07) is 16.7. The molecule has 0 unspecified atom stereocenters. The van der Waals surface area contributed by atoms with E-state index in [1.165, 1.54) is 5.56 Å². The Bertz CT molecular complexity index is 1070. The molecule has 2 aromatic heterocycles. The highest BCUT2D eigenvalue weighted by Gasteiger charge is 2.13. The van der Waals surface area contributed by atoms with E-state index in [0.29, 0.717) is 18.2 Å². The van der Waals surface area contributed by atoms with Gasteiger partial charge < -0.3 is 5.73 Å². The number of aromatic nitrogens is 7. The summed E-state index contributed by atoms with van der Waals surface area (Å²) >= 11 is 0. The lowest BCUT2D eigenvalue weighted by Crippen LogP contribution is -2.09. The largest absolute Gasteiger partial charge is 0.324 e. The first-order valence-electron chi connectivity index (χ1n) is 10.3. The number of nitrogens with zero attached hydrogens (tertiary/aromatic N) is 6. The third-order valence-electron chi connectivity index (χ3n) is 5.10. The quantitative estimate of drug-likeness (QED) is 0.445. The van der Waals surface area contributed by atoms with Crippen LogP contribution in [0.25, 0.3) is 22.5 Å². The average Bonchev–Trinajstić information content (AvgIpc) is 3.47. The van der Waals surface area contributed by atoms with E-state index >= 15 is 0 Å². The van der Waals surface area contributed by atoms with Gasteiger partial charge in [0.05, 0.1) is 6.54 Å². The maximum absolute atomic E-state index is 5.75. The minimum atomic E-state index is 0.361. The lowest BCUT2D eigenvalue weighted by atomic mass is 9.96. The van der Waals surface area contributed by atoms with Crippen LogP contribution in [0.3, 0.4) is 0 Å². The van der Waals surface area contributed by atoms with E-state index < -0.39 is 0 Å².